The minimum Gasteiger partial charge on any atom is -0.342 e. The molecule has 45 heavy (non-hydrogen) atoms. The van der Waals surface area contributed by atoms with Gasteiger partial charge in [-0.3, -0.25) is 9.13 Å². The minimum atomic E-state index is -8.20. The Balaban J connectivity index is 0. The zero-order valence-electron chi connectivity index (χ0n) is 18.9. The van der Waals surface area contributed by atoms with E-state index in [4.69, 9.17) is 14.7 Å². The molecule has 0 heterocycles. The van der Waals surface area contributed by atoms with Gasteiger partial charge in [0.25, 0.3) is 8.03 Å². The molecule has 0 saturated heterocycles. The molecule has 3 N–H and O–H groups in total. The van der Waals surface area contributed by atoms with Crippen LogP contribution in [0.3, 0.4) is 0 Å². The highest BCUT2D eigenvalue weighted by Crippen LogP contribution is 2.68. The zero-order valence-corrected chi connectivity index (χ0v) is 20.8. The summed E-state index contributed by atoms with van der Waals surface area (Å²) in [6.07, 6.45) is -15.1. The monoisotopic (exact) mass is 784 g/mol. The summed E-state index contributed by atoms with van der Waals surface area (Å²) in [7, 11) is -13.7. The van der Waals surface area contributed by atoms with Crippen molar-refractivity contribution in [3.05, 3.63) is 0 Å². The fourth-order valence-electron chi connectivity index (χ4n) is 1.85. The maximum Gasteiger partial charge on any atom is 0.460 e. The summed E-state index contributed by atoms with van der Waals surface area (Å²) < 4.78 is 340. The van der Waals surface area contributed by atoms with Crippen molar-refractivity contribution in [1.82, 2.24) is 0 Å². The molecule has 0 aliphatic carbocycles. The van der Waals surface area contributed by atoms with Gasteiger partial charge in [-0.2, -0.15) is 114 Å². The van der Waals surface area contributed by atoms with Gasteiger partial charge in [0.1, 0.15) is 0 Å². The average molecular weight is 784 g/mol. The minimum absolute atomic E-state index is 6.06. The van der Waals surface area contributed by atoms with Crippen LogP contribution < -0.4 is 0 Å². The van der Waals surface area contributed by atoms with Gasteiger partial charge in [0, 0.05) is 0 Å². The van der Waals surface area contributed by atoms with Gasteiger partial charge in [-0.1, -0.05) is 0 Å². The Kier molecular flexibility index (Phi) is 11.8. The summed E-state index contributed by atoms with van der Waals surface area (Å²) in [5, 5.41) is 0. The Labute approximate surface area is 226 Å². The number of halogens is 26. The first-order valence-electron chi connectivity index (χ1n) is 8.90. The van der Waals surface area contributed by atoms with Crippen molar-refractivity contribution in [3.8, 4) is 0 Å². The first kappa shape index (κ1) is 45.6. The van der Waals surface area contributed by atoms with Crippen LogP contribution >= 0.6 is 15.6 Å². The van der Waals surface area contributed by atoms with E-state index in [1.165, 1.54) is 0 Å². The second kappa shape index (κ2) is 11.6. The molecule has 0 rings (SSSR count). The average Bonchev–Trinajstić information content (AvgIpc) is 2.75. The van der Waals surface area contributed by atoms with Gasteiger partial charge < -0.3 is 14.7 Å². The summed E-state index contributed by atoms with van der Waals surface area (Å²) in [6.45, 7) is 0. The maximum atomic E-state index is 12.7. The molecule has 0 aromatic carbocycles. The quantitative estimate of drug-likeness (QED) is 0.154. The summed E-state index contributed by atoms with van der Waals surface area (Å²) >= 11 is 0. The van der Waals surface area contributed by atoms with Crippen LogP contribution in [0.25, 0.3) is 0 Å². The fourth-order valence-corrected chi connectivity index (χ4v) is 2.78. The normalized spacial score (nSPS) is 17.1. The largest absolute Gasteiger partial charge is 0.460 e. The Bertz CT molecular complexity index is 1130. The predicted molar refractivity (Wildman–Crippen MR) is 84.8 cm³/mol. The van der Waals surface area contributed by atoms with Gasteiger partial charge in [-0.25, -0.2) is 0 Å². The smallest absolute Gasteiger partial charge is 0.342 e. The lowest BCUT2D eigenvalue weighted by Crippen LogP contribution is -2.69. The molecule has 0 amide bonds. The van der Waals surface area contributed by atoms with Crippen molar-refractivity contribution >= 4 is 15.6 Å². The molecule has 274 valence electrons. The predicted octanol–water partition coefficient (Wildman–Crippen LogP) is 8.01. The van der Waals surface area contributed by atoms with Gasteiger partial charge >= 0.3 is 78.7 Å². The van der Waals surface area contributed by atoms with Crippen molar-refractivity contribution in [1.29, 1.82) is 0 Å². The zero-order chi connectivity index (χ0) is 38.1. The van der Waals surface area contributed by atoms with Crippen molar-refractivity contribution < 1.29 is 138 Å². The molecule has 0 aliphatic rings. The highest BCUT2D eigenvalue weighted by Gasteiger charge is 2.93. The molecule has 0 fully saturated rings. The van der Waals surface area contributed by atoms with E-state index >= 15 is 0 Å². The second-order valence-electron chi connectivity index (χ2n) is 7.56. The highest BCUT2D eigenvalue weighted by molar-refractivity contribution is 7.53. The van der Waals surface area contributed by atoms with E-state index in [1.807, 2.05) is 0 Å². The Hall–Kier alpha value is -1.48. The van der Waals surface area contributed by atoms with Crippen LogP contribution in [0.1, 0.15) is 0 Å². The maximum absolute atomic E-state index is 12.7. The van der Waals surface area contributed by atoms with E-state index in [0.717, 1.165) is 0 Å². The SMILES string of the molecule is O=P(O)(O)C(F)(F)C(F)(F)C(F)(F)C(F)(F)C(F)(F)C(F)(F)F.O=[PH](O)C(F)(F)C(F)(F)C(F)(F)C(F)(F)C(F)(F)C(F)(F)F. The van der Waals surface area contributed by atoms with Crippen molar-refractivity contribution in [2.24, 2.45) is 0 Å². The van der Waals surface area contributed by atoms with Crippen LogP contribution in [-0.2, 0) is 9.13 Å². The van der Waals surface area contributed by atoms with Crippen LogP contribution in [0.4, 0.5) is 114 Å². The molecular weight excluding hydrogens is 780 g/mol. The number of alkyl halides is 26. The van der Waals surface area contributed by atoms with E-state index in [1.54, 1.807) is 0 Å². The fraction of sp³-hybridized carbons (Fsp3) is 1.00. The summed E-state index contributed by atoms with van der Waals surface area (Å²) in [5.74, 6) is -63.9. The Morgan fingerprint density at radius 1 is 0.378 bits per heavy atom. The van der Waals surface area contributed by atoms with Crippen LogP contribution in [-0.4, -0.2) is 85.7 Å². The molecule has 33 heteroatoms. The molecule has 1 atom stereocenters. The van der Waals surface area contributed by atoms with E-state index < -0.39 is 86.7 Å². The number of hydrogen-bond acceptors (Lipinski definition) is 2. The van der Waals surface area contributed by atoms with Gasteiger partial charge in [-0.15, -0.1) is 0 Å². The van der Waals surface area contributed by atoms with E-state index in [-0.39, 0.29) is 0 Å². The van der Waals surface area contributed by atoms with Crippen LogP contribution in [0, 0.1) is 0 Å². The Morgan fingerprint density at radius 3 is 0.756 bits per heavy atom. The van der Waals surface area contributed by atoms with Crippen molar-refractivity contribution in [2.45, 2.75) is 71.1 Å². The molecule has 0 saturated carbocycles. The topological polar surface area (TPSA) is 94.8 Å². The summed E-state index contributed by atoms with van der Waals surface area (Å²) in [6, 6.07) is 0. The Morgan fingerprint density at radius 2 is 0.578 bits per heavy atom. The van der Waals surface area contributed by atoms with Crippen LogP contribution in [0.2, 0.25) is 0 Å². The lowest BCUT2D eigenvalue weighted by Gasteiger charge is -2.39. The van der Waals surface area contributed by atoms with E-state index in [2.05, 4.69) is 0 Å². The summed E-state index contributed by atoms with van der Waals surface area (Å²) in [5.41, 5.74) is -14.3. The van der Waals surface area contributed by atoms with Crippen molar-refractivity contribution in [2.75, 3.05) is 0 Å². The number of rotatable bonds is 10. The molecule has 0 bridgehead atoms. The third-order valence-corrected chi connectivity index (χ3v) is 6.35. The first-order chi connectivity index (χ1) is 18.7. The lowest BCUT2D eigenvalue weighted by atomic mass is 9.98. The standard InChI is InChI=1S/C6H2F13O3P.C6H2F13O2P/c7-1(8,3(11,12)5(15,16)17)2(9,10)4(13,14)6(18,19)23(20,21)22;7-1(8,3(11,12)5(15,16)17)2(9,10)4(13,14)6(18,19)22(20)21/h(H2,20,21,22);22H,(H,20,21). The first-order valence-corrected chi connectivity index (χ1v) is 11.9. The van der Waals surface area contributed by atoms with Crippen LogP contribution in [0.5, 0.6) is 0 Å². The molecule has 1 unspecified atom stereocenters. The lowest BCUT2D eigenvalue weighted by molar-refractivity contribution is -0.434. The molecule has 0 aliphatic heterocycles. The molecule has 0 spiro atoms. The second-order valence-corrected chi connectivity index (χ2v) is 10.4. The molecule has 0 aromatic heterocycles. The summed E-state index contributed by atoms with van der Waals surface area (Å²) in [4.78, 5) is 23.3. The molecule has 0 radical (unpaired) electrons. The van der Waals surface area contributed by atoms with E-state index in [0.29, 0.717) is 0 Å². The third kappa shape index (κ3) is 6.51. The van der Waals surface area contributed by atoms with E-state index in [9.17, 15) is 123 Å². The van der Waals surface area contributed by atoms with Gasteiger partial charge in [-0.05, 0) is 0 Å². The highest BCUT2D eigenvalue weighted by atomic mass is 31.2. The third-order valence-electron chi connectivity index (χ3n) is 4.48. The van der Waals surface area contributed by atoms with Crippen molar-refractivity contribution in [3.63, 3.8) is 0 Å². The van der Waals surface area contributed by atoms with Gasteiger partial charge in [0.2, 0.25) is 0 Å². The molecular formula is C12H4F26O5P2. The van der Waals surface area contributed by atoms with Gasteiger partial charge in [0.05, 0.1) is 0 Å². The van der Waals surface area contributed by atoms with Gasteiger partial charge in [0.15, 0.2) is 0 Å². The molecule has 0 aromatic rings. The molecule has 5 nitrogen and oxygen atoms in total. The number of hydrogen-bond donors (Lipinski definition) is 3. The van der Waals surface area contributed by atoms with Crippen LogP contribution in [0.15, 0.2) is 0 Å².